The molecule has 1 aliphatic rings. The minimum atomic E-state index is 1.09. The fraction of sp³-hybridized carbons (Fsp3) is 0.0556. The van der Waals surface area contributed by atoms with Crippen molar-refractivity contribution in [3.8, 4) is 22.5 Å². The van der Waals surface area contributed by atoms with Crippen molar-refractivity contribution >= 4 is 38.8 Å². The largest absolute Gasteiger partial charge is 0.310 e. The molecule has 0 N–H and O–H groups in total. The smallest absolute Gasteiger partial charge is 0.0541 e. The van der Waals surface area contributed by atoms with Gasteiger partial charge in [0.15, 0.2) is 0 Å². The van der Waals surface area contributed by atoms with Gasteiger partial charge in [0, 0.05) is 33.2 Å². The second-order valence-electron chi connectivity index (χ2n) is 10.1. The van der Waals surface area contributed by atoms with Crippen LogP contribution >= 0.6 is 0 Å². The number of nitrogens with zero attached hydrogens (tertiary/aromatic N) is 2. The van der Waals surface area contributed by atoms with Gasteiger partial charge in [0.05, 0.1) is 16.6 Å². The molecule has 0 unspecified atom stereocenters. The minimum Gasteiger partial charge on any atom is -0.310 e. The molecule has 7 aromatic rings. The molecule has 0 atom stereocenters. The average molecular weight is 487 g/mol. The van der Waals surface area contributed by atoms with Crippen molar-refractivity contribution in [3.05, 3.63) is 139 Å². The molecule has 2 aromatic heterocycles. The van der Waals surface area contributed by atoms with Crippen LogP contribution in [0.3, 0.4) is 0 Å². The van der Waals surface area contributed by atoms with Crippen molar-refractivity contribution in [1.82, 2.24) is 9.13 Å². The molecule has 2 heterocycles. The van der Waals surface area contributed by atoms with Crippen LogP contribution in [0.25, 0.3) is 61.3 Å². The lowest BCUT2D eigenvalue weighted by molar-refractivity contribution is 0.966. The van der Waals surface area contributed by atoms with Crippen LogP contribution in [-0.4, -0.2) is 9.13 Å². The lowest BCUT2D eigenvalue weighted by Crippen LogP contribution is -2.02. The van der Waals surface area contributed by atoms with Gasteiger partial charge in [0.2, 0.25) is 0 Å². The van der Waals surface area contributed by atoms with Crippen LogP contribution in [0.1, 0.15) is 17.7 Å². The highest BCUT2D eigenvalue weighted by molar-refractivity contribution is 6.10. The highest BCUT2D eigenvalue weighted by Crippen LogP contribution is 2.37. The van der Waals surface area contributed by atoms with Crippen LogP contribution in [0.4, 0.5) is 0 Å². The van der Waals surface area contributed by atoms with Gasteiger partial charge < -0.3 is 9.13 Å². The number of allylic oxidation sites excluding steroid dienone is 1. The van der Waals surface area contributed by atoms with Gasteiger partial charge in [0.1, 0.15) is 0 Å². The summed E-state index contributed by atoms with van der Waals surface area (Å²) in [5, 5.41) is 3.92. The maximum absolute atomic E-state index is 2.44. The third kappa shape index (κ3) is 3.13. The molecule has 0 bridgehead atoms. The summed E-state index contributed by atoms with van der Waals surface area (Å²) in [5.74, 6) is 0. The first-order chi connectivity index (χ1) is 18.9. The molecular weight excluding hydrogens is 460 g/mol. The first-order valence-corrected chi connectivity index (χ1v) is 13.4. The Kier molecular flexibility index (Phi) is 4.68. The highest BCUT2D eigenvalue weighted by Gasteiger charge is 2.19. The Balaban J connectivity index is 1.37. The lowest BCUT2D eigenvalue weighted by Gasteiger charge is -2.15. The molecule has 0 saturated heterocycles. The fourth-order valence-corrected chi connectivity index (χ4v) is 6.30. The van der Waals surface area contributed by atoms with E-state index in [4.69, 9.17) is 0 Å². The van der Waals surface area contributed by atoms with Gasteiger partial charge >= 0.3 is 0 Å². The Hall–Kier alpha value is -4.82. The van der Waals surface area contributed by atoms with Crippen LogP contribution in [0, 0.1) is 0 Å². The van der Waals surface area contributed by atoms with E-state index in [1.54, 1.807) is 0 Å². The van der Waals surface area contributed by atoms with Gasteiger partial charge in [-0.3, -0.25) is 0 Å². The zero-order valence-electron chi connectivity index (χ0n) is 21.0. The molecule has 2 nitrogen and oxygen atoms in total. The molecule has 0 aliphatic heterocycles. The van der Waals surface area contributed by atoms with Gasteiger partial charge in [-0.1, -0.05) is 84.9 Å². The zero-order chi connectivity index (χ0) is 25.1. The van der Waals surface area contributed by atoms with E-state index >= 15 is 0 Å². The van der Waals surface area contributed by atoms with Crippen LogP contribution in [-0.2, 0) is 6.42 Å². The lowest BCUT2D eigenvalue weighted by atomic mass is 10.0. The molecule has 0 saturated carbocycles. The second kappa shape index (κ2) is 8.36. The van der Waals surface area contributed by atoms with Crippen molar-refractivity contribution in [2.75, 3.05) is 0 Å². The summed E-state index contributed by atoms with van der Waals surface area (Å²) in [5.41, 5.74) is 11.3. The number of para-hydroxylation sites is 2. The molecule has 0 spiro atoms. The number of hydrogen-bond acceptors (Lipinski definition) is 0. The van der Waals surface area contributed by atoms with E-state index in [0.29, 0.717) is 0 Å². The summed E-state index contributed by atoms with van der Waals surface area (Å²) in [6.07, 6.45) is 6.80. The molecule has 180 valence electrons. The first-order valence-electron chi connectivity index (χ1n) is 13.4. The molecule has 8 rings (SSSR count). The van der Waals surface area contributed by atoms with Crippen LogP contribution in [0.2, 0.25) is 0 Å². The van der Waals surface area contributed by atoms with Crippen molar-refractivity contribution in [3.63, 3.8) is 0 Å². The highest BCUT2D eigenvalue weighted by atomic mass is 15.0. The van der Waals surface area contributed by atoms with E-state index in [0.717, 1.165) is 12.8 Å². The summed E-state index contributed by atoms with van der Waals surface area (Å²) in [4.78, 5) is 0. The third-order valence-electron chi connectivity index (χ3n) is 7.98. The fourth-order valence-electron chi connectivity index (χ4n) is 6.30. The Bertz CT molecular complexity index is 2020. The number of hydrogen-bond donors (Lipinski definition) is 0. The van der Waals surface area contributed by atoms with Crippen molar-refractivity contribution in [2.45, 2.75) is 12.8 Å². The Morgan fingerprint density at radius 1 is 0.474 bits per heavy atom. The molecule has 38 heavy (non-hydrogen) atoms. The Labute approximate surface area is 221 Å². The maximum atomic E-state index is 2.44. The van der Waals surface area contributed by atoms with Crippen LogP contribution < -0.4 is 0 Å². The topological polar surface area (TPSA) is 9.86 Å². The summed E-state index contributed by atoms with van der Waals surface area (Å²) in [6.45, 7) is 0. The molecule has 5 aromatic carbocycles. The SMILES string of the molecule is C1=Cc2c(c3ccccc3n2-c2cccc(-n3c4ccccc4c4cc(-c5ccccc5)ccc43)c2)CC1. The Morgan fingerprint density at radius 2 is 1.16 bits per heavy atom. The van der Waals surface area contributed by atoms with E-state index in [-0.39, 0.29) is 0 Å². The molecular formula is C36H26N2. The van der Waals surface area contributed by atoms with Gasteiger partial charge in [-0.05, 0) is 78.1 Å². The summed E-state index contributed by atoms with van der Waals surface area (Å²) in [7, 11) is 0. The normalized spacial score (nSPS) is 12.9. The van der Waals surface area contributed by atoms with Gasteiger partial charge in [-0.2, -0.15) is 0 Å². The number of fused-ring (bicyclic) bond motifs is 6. The number of rotatable bonds is 3. The molecule has 0 fully saturated rings. The molecule has 0 radical (unpaired) electrons. The van der Waals surface area contributed by atoms with Crippen LogP contribution in [0.15, 0.2) is 127 Å². The maximum Gasteiger partial charge on any atom is 0.0541 e. The van der Waals surface area contributed by atoms with E-state index < -0.39 is 0 Å². The van der Waals surface area contributed by atoms with Crippen molar-refractivity contribution in [1.29, 1.82) is 0 Å². The minimum absolute atomic E-state index is 1.09. The van der Waals surface area contributed by atoms with Gasteiger partial charge in [-0.15, -0.1) is 0 Å². The summed E-state index contributed by atoms with van der Waals surface area (Å²) >= 11 is 0. The van der Waals surface area contributed by atoms with E-state index in [2.05, 4.69) is 143 Å². The predicted octanol–water partition coefficient (Wildman–Crippen LogP) is 9.35. The van der Waals surface area contributed by atoms with E-state index in [1.165, 1.54) is 66.5 Å². The van der Waals surface area contributed by atoms with E-state index in [1.807, 2.05) is 0 Å². The number of benzene rings is 5. The zero-order valence-corrected chi connectivity index (χ0v) is 21.0. The summed E-state index contributed by atoms with van der Waals surface area (Å²) in [6, 6.07) is 44.1. The number of aromatic nitrogens is 2. The summed E-state index contributed by atoms with van der Waals surface area (Å²) < 4.78 is 4.85. The molecule has 1 aliphatic carbocycles. The molecule has 2 heteroatoms. The predicted molar refractivity (Wildman–Crippen MR) is 160 cm³/mol. The quantitative estimate of drug-likeness (QED) is 0.235. The Morgan fingerprint density at radius 3 is 2.00 bits per heavy atom. The van der Waals surface area contributed by atoms with E-state index in [9.17, 15) is 0 Å². The average Bonchev–Trinajstić information content (AvgIpc) is 3.50. The first kappa shape index (κ1) is 21.3. The number of aryl methyl sites for hydroxylation is 1. The molecule has 0 amide bonds. The van der Waals surface area contributed by atoms with Crippen molar-refractivity contribution in [2.24, 2.45) is 0 Å². The van der Waals surface area contributed by atoms with Crippen molar-refractivity contribution < 1.29 is 0 Å². The monoisotopic (exact) mass is 486 g/mol. The second-order valence-corrected chi connectivity index (χ2v) is 10.1. The van der Waals surface area contributed by atoms with Gasteiger partial charge in [-0.25, -0.2) is 0 Å². The van der Waals surface area contributed by atoms with Crippen LogP contribution in [0.5, 0.6) is 0 Å². The van der Waals surface area contributed by atoms with Gasteiger partial charge in [0.25, 0.3) is 0 Å². The standard InChI is InChI=1S/C36H26N2/c1-2-11-25(12-3-1)26-21-22-36-32(23-26)31-17-6-9-20-35(31)38(36)28-14-10-13-27(24-28)37-33-18-7-4-15-29(33)30-16-5-8-19-34(30)37/h1-4,6-15,17-24H,5,16H2. The third-order valence-corrected chi connectivity index (χ3v) is 7.98.